The van der Waals surface area contributed by atoms with Gasteiger partial charge in [0.1, 0.15) is 5.82 Å². The minimum Gasteiger partial charge on any atom is -0.396 e. The van der Waals surface area contributed by atoms with Crippen molar-refractivity contribution in [3.63, 3.8) is 0 Å². The summed E-state index contributed by atoms with van der Waals surface area (Å²) >= 11 is 0. The second kappa shape index (κ2) is 5.46. The Labute approximate surface area is 114 Å². The molecule has 0 aliphatic carbocycles. The van der Waals surface area contributed by atoms with E-state index >= 15 is 0 Å². The molecule has 0 saturated carbocycles. The van der Waals surface area contributed by atoms with Crippen LogP contribution >= 0.6 is 0 Å². The predicted molar refractivity (Wildman–Crippen MR) is 74.6 cm³/mol. The molecule has 19 heavy (non-hydrogen) atoms. The van der Waals surface area contributed by atoms with E-state index in [4.69, 9.17) is 5.73 Å². The Morgan fingerprint density at radius 3 is 2.42 bits per heavy atom. The van der Waals surface area contributed by atoms with Gasteiger partial charge in [0.25, 0.3) is 0 Å². The summed E-state index contributed by atoms with van der Waals surface area (Å²) in [6.07, 6.45) is 0. The summed E-state index contributed by atoms with van der Waals surface area (Å²) < 4.78 is 39.9. The number of rotatable bonds is 5. The molecule has 0 atom stereocenters. The molecule has 0 bridgehead atoms. The summed E-state index contributed by atoms with van der Waals surface area (Å²) in [4.78, 5) is -0.112. The standard InChI is InChI=1S/C13H21FN2O2S/c1-9(2)13(3,4)8-16-19(17,18)10-5-6-12(15)11(14)7-10/h5-7,9,16H,8,15H2,1-4H3. The van der Waals surface area contributed by atoms with Gasteiger partial charge in [0.15, 0.2) is 0 Å². The van der Waals surface area contributed by atoms with Gasteiger partial charge in [-0.2, -0.15) is 0 Å². The molecule has 0 amide bonds. The van der Waals surface area contributed by atoms with Gasteiger partial charge in [-0.1, -0.05) is 27.7 Å². The molecule has 1 aromatic rings. The number of nitrogens with one attached hydrogen (secondary N) is 1. The molecule has 0 aliphatic heterocycles. The molecule has 0 radical (unpaired) electrons. The van der Waals surface area contributed by atoms with Gasteiger partial charge in [-0.05, 0) is 29.5 Å². The van der Waals surface area contributed by atoms with Crippen molar-refractivity contribution >= 4 is 15.7 Å². The smallest absolute Gasteiger partial charge is 0.240 e. The highest BCUT2D eigenvalue weighted by molar-refractivity contribution is 7.89. The largest absolute Gasteiger partial charge is 0.396 e. The Bertz CT molecular complexity index is 554. The second-order valence-corrected chi connectivity index (χ2v) is 7.42. The fourth-order valence-corrected chi connectivity index (χ4v) is 2.48. The van der Waals surface area contributed by atoms with Crippen LogP contribution in [0.4, 0.5) is 10.1 Å². The first-order valence-electron chi connectivity index (χ1n) is 6.11. The van der Waals surface area contributed by atoms with Crippen LogP contribution < -0.4 is 10.5 Å². The van der Waals surface area contributed by atoms with E-state index in [1.165, 1.54) is 12.1 Å². The van der Waals surface area contributed by atoms with E-state index in [1.54, 1.807) is 0 Å². The number of anilines is 1. The Morgan fingerprint density at radius 1 is 1.37 bits per heavy atom. The molecule has 6 heteroatoms. The van der Waals surface area contributed by atoms with Crippen molar-refractivity contribution < 1.29 is 12.8 Å². The van der Waals surface area contributed by atoms with E-state index < -0.39 is 15.8 Å². The zero-order valence-corrected chi connectivity index (χ0v) is 12.5. The second-order valence-electron chi connectivity index (χ2n) is 5.65. The first-order valence-corrected chi connectivity index (χ1v) is 7.59. The highest BCUT2D eigenvalue weighted by Crippen LogP contribution is 2.25. The van der Waals surface area contributed by atoms with E-state index in [-0.39, 0.29) is 16.0 Å². The summed E-state index contributed by atoms with van der Waals surface area (Å²) in [6.45, 7) is 8.29. The molecule has 0 aromatic heterocycles. The van der Waals surface area contributed by atoms with Crippen LogP contribution in [0.3, 0.4) is 0 Å². The van der Waals surface area contributed by atoms with Crippen molar-refractivity contribution in [1.29, 1.82) is 0 Å². The Balaban J connectivity index is 2.90. The lowest BCUT2D eigenvalue weighted by Crippen LogP contribution is -2.37. The predicted octanol–water partition coefficient (Wildman–Crippen LogP) is 2.37. The minimum absolute atomic E-state index is 0.0681. The van der Waals surface area contributed by atoms with Crippen molar-refractivity contribution in [2.75, 3.05) is 12.3 Å². The summed E-state index contributed by atoms with van der Waals surface area (Å²) in [5.41, 5.74) is 5.08. The lowest BCUT2D eigenvalue weighted by molar-refractivity contribution is 0.252. The molecule has 3 N–H and O–H groups in total. The monoisotopic (exact) mass is 288 g/mol. The van der Waals surface area contributed by atoms with Gasteiger partial charge in [-0.3, -0.25) is 0 Å². The SMILES string of the molecule is CC(C)C(C)(C)CNS(=O)(=O)c1ccc(N)c(F)c1. The van der Waals surface area contributed by atoms with Gasteiger partial charge < -0.3 is 5.73 Å². The van der Waals surface area contributed by atoms with E-state index in [2.05, 4.69) is 4.72 Å². The van der Waals surface area contributed by atoms with Crippen molar-refractivity contribution in [3.8, 4) is 0 Å². The number of hydrogen-bond donors (Lipinski definition) is 2. The maximum Gasteiger partial charge on any atom is 0.240 e. The van der Waals surface area contributed by atoms with Crippen LogP contribution in [0.2, 0.25) is 0 Å². The van der Waals surface area contributed by atoms with E-state index in [9.17, 15) is 12.8 Å². The zero-order chi connectivity index (χ0) is 14.8. The molecular formula is C13H21FN2O2S. The first kappa shape index (κ1) is 15.9. The summed E-state index contributed by atoms with van der Waals surface area (Å²) in [5, 5.41) is 0. The summed E-state index contributed by atoms with van der Waals surface area (Å²) in [6, 6.07) is 3.47. The molecule has 0 unspecified atom stereocenters. The third kappa shape index (κ3) is 3.91. The Morgan fingerprint density at radius 2 is 1.95 bits per heavy atom. The lowest BCUT2D eigenvalue weighted by atomic mass is 9.81. The van der Waals surface area contributed by atoms with E-state index in [0.29, 0.717) is 12.5 Å². The highest BCUT2D eigenvalue weighted by atomic mass is 32.2. The first-order chi connectivity index (χ1) is 8.56. The molecule has 1 aromatic carbocycles. The van der Waals surface area contributed by atoms with Crippen LogP contribution in [-0.2, 0) is 10.0 Å². The Kier molecular flexibility index (Phi) is 4.58. The maximum absolute atomic E-state index is 13.3. The molecule has 0 spiro atoms. The van der Waals surface area contributed by atoms with Gasteiger partial charge in [-0.25, -0.2) is 17.5 Å². The average molecular weight is 288 g/mol. The minimum atomic E-state index is -3.71. The molecule has 0 saturated heterocycles. The number of hydrogen-bond acceptors (Lipinski definition) is 3. The maximum atomic E-state index is 13.3. The van der Waals surface area contributed by atoms with Gasteiger partial charge in [0.2, 0.25) is 10.0 Å². The molecule has 0 heterocycles. The fraction of sp³-hybridized carbons (Fsp3) is 0.538. The topological polar surface area (TPSA) is 72.2 Å². The molecule has 4 nitrogen and oxygen atoms in total. The zero-order valence-electron chi connectivity index (χ0n) is 11.7. The number of sulfonamides is 1. The molecule has 0 aliphatic rings. The van der Waals surface area contributed by atoms with Crippen LogP contribution in [-0.4, -0.2) is 15.0 Å². The van der Waals surface area contributed by atoms with Gasteiger partial charge in [0.05, 0.1) is 10.6 Å². The fourth-order valence-electron chi connectivity index (χ4n) is 1.24. The molecule has 1 rings (SSSR count). The molecule has 108 valence electrons. The molecular weight excluding hydrogens is 267 g/mol. The van der Waals surface area contributed by atoms with Crippen LogP contribution in [0.5, 0.6) is 0 Å². The van der Waals surface area contributed by atoms with Crippen LogP contribution in [0.25, 0.3) is 0 Å². The van der Waals surface area contributed by atoms with Crippen molar-refractivity contribution in [2.45, 2.75) is 32.6 Å². The van der Waals surface area contributed by atoms with E-state index in [0.717, 1.165) is 6.07 Å². The quantitative estimate of drug-likeness (QED) is 0.817. The summed E-state index contributed by atoms with van der Waals surface area (Å²) in [5.74, 6) is -0.413. The number of benzene rings is 1. The van der Waals surface area contributed by atoms with Crippen molar-refractivity contribution in [1.82, 2.24) is 4.72 Å². The van der Waals surface area contributed by atoms with Gasteiger partial charge in [0, 0.05) is 6.54 Å². The van der Waals surface area contributed by atoms with Crippen molar-refractivity contribution in [2.24, 2.45) is 11.3 Å². The third-order valence-corrected chi connectivity index (χ3v) is 4.96. The summed E-state index contributed by atoms with van der Waals surface area (Å²) in [7, 11) is -3.71. The van der Waals surface area contributed by atoms with Crippen LogP contribution in [0.1, 0.15) is 27.7 Å². The van der Waals surface area contributed by atoms with Gasteiger partial charge in [-0.15, -0.1) is 0 Å². The number of halogens is 1. The Hall–Kier alpha value is -1.14. The average Bonchev–Trinajstić information content (AvgIpc) is 2.30. The van der Waals surface area contributed by atoms with Crippen LogP contribution in [0, 0.1) is 17.2 Å². The van der Waals surface area contributed by atoms with Gasteiger partial charge >= 0.3 is 0 Å². The molecule has 0 fully saturated rings. The lowest BCUT2D eigenvalue weighted by Gasteiger charge is -2.29. The van der Waals surface area contributed by atoms with Crippen LogP contribution in [0.15, 0.2) is 23.1 Å². The van der Waals surface area contributed by atoms with E-state index in [1.807, 2.05) is 27.7 Å². The number of nitrogens with two attached hydrogens (primary N) is 1. The number of nitrogen functional groups attached to an aromatic ring is 1. The highest BCUT2D eigenvalue weighted by Gasteiger charge is 2.25. The normalized spacial score (nSPS) is 12.9. The third-order valence-electron chi connectivity index (χ3n) is 3.56. The van der Waals surface area contributed by atoms with Crippen molar-refractivity contribution in [3.05, 3.63) is 24.0 Å².